The number of carboxylic acid groups (broad SMARTS) is 2. The lowest BCUT2D eigenvalue weighted by Gasteiger charge is -2.17. The van der Waals surface area contributed by atoms with Gasteiger partial charge in [-0.1, -0.05) is 26.7 Å². The summed E-state index contributed by atoms with van der Waals surface area (Å²) in [7, 11) is 1.62. The summed E-state index contributed by atoms with van der Waals surface area (Å²) < 4.78 is 9.44. The van der Waals surface area contributed by atoms with Crippen LogP contribution in [0.2, 0.25) is 0 Å². The smallest absolute Gasteiger partial charge is 0.344 e. The minimum Gasteiger partial charge on any atom is -0.480 e. The van der Waals surface area contributed by atoms with Gasteiger partial charge in [-0.25, -0.2) is 14.4 Å². The Bertz CT molecular complexity index is 839. The average molecular weight is 575 g/mol. The minimum absolute atomic E-state index is 0.0219. The molecule has 2 fully saturated rings. The van der Waals surface area contributed by atoms with Crippen LogP contribution >= 0.6 is 0 Å². The maximum absolute atomic E-state index is 11.7. The molecular weight excluding hydrogens is 528 g/mol. The molecule has 0 radical (unpaired) electrons. The Morgan fingerprint density at radius 1 is 0.975 bits per heavy atom. The van der Waals surface area contributed by atoms with Gasteiger partial charge in [0.05, 0.1) is 5.92 Å². The Morgan fingerprint density at radius 2 is 1.57 bits per heavy atom. The predicted molar refractivity (Wildman–Crippen MR) is 144 cm³/mol. The van der Waals surface area contributed by atoms with Crippen LogP contribution in [0, 0.1) is 11.8 Å². The van der Waals surface area contributed by atoms with Gasteiger partial charge in [-0.15, -0.1) is 0 Å². The van der Waals surface area contributed by atoms with Gasteiger partial charge in [0.25, 0.3) is 0 Å². The van der Waals surface area contributed by atoms with Gasteiger partial charge in [-0.05, 0) is 65.0 Å². The van der Waals surface area contributed by atoms with E-state index < -0.39 is 48.0 Å². The standard InChI is InChI=1S/C12H23N3O4.C9H14O4.C5H9NO2/c1-7(2)6-9(15-3)12(18)19-11(17)8(13)4-5-10(14)16;1-6(8(10)11)13-9(12)7-4-2-3-5-7;7-5(8)4-2-1-3-6-4/h7-9,15H,4-6,13H2,1-3H3,(H2,14,16);6-7H,2-5H2,1H3,(H,10,11);4,6H,1-3H2,(H,7,8)/t8-,9-;6-;4-/m000/s1. The Morgan fingerprint density at radius 3 is 1.98 bits per heavy atom. The fourth-order valence-corrected chi connectivity index (χ4v) is 3.84. The van der Waals surface area contributed by atoms with Crippen molar-refractivity contribution in [3.63, 3.8) is 0 Å². The predicted octanol–water partition coefficient (Wildman–Crippen LogP) is 0.299. The maximum Gasteiger partial charge on any atom is 0.344 e. The molecule has 2 rings (SSSR count). The number of amides is 1. The number of aliphatic carboxylic acids is 2. The summed E-state index contributed by atoms with van der Waals surface area (Å²) >= 11 is 0. The summed E-state index contributed by atoms with van der Waals surface area (Å²) in [4.78, 5) is 65.6. The highest BCUT2D eigenvalue weighted by Gasteiger charge is 2.27. The summed E-state index contributed by atoms with van der Waals surface area (Å²) in [5, 5.41) is 22.5. The van der Waals surface area contributed by atoms with Crippen molar-refractivity contribution in [3.8, 4) is 0 Å². The van der Waals surface area contributed by atoms with Gasteiger partial charge in [-0.2, -0.15) is 0 Å². The highest BCUT2D eigenvalue weighted by atomic mass is 16.6. The lowest BCUT2D eigenvalue weighted by molar-refractivity contribution is -0.165. The first-order chi connectivity index (χ1) is 18.7. The van der Waals surface area contributed by atoms with Gasteiger partial charge in [0.1, 0.15) is 18.1 Å². The molecule has 0 aromatic carbocycles. The molecule has 2 aliphatic rings. The monoisotopic (exact) mass is 574 g/mol. The van der Waals surface area contributed by atoms with E-state index in [0.29, 0.717) is 6.42 Å². The SMILES string of the molecule is CN[C@@H](CC(C)C)C(=O)OC(=O)[C@@H](N)CCC(N)=O.C[C@H](OC(=O)C1CCCC1)C(=O)O.O=C(O)[C@@H]1CCCN1. The molecule has 1 aliphatic carbocycles. The van der Waals surface area contributed by atoms with Crippen molar-refractivity contribution in [2.24, 2.45) is 23.3 Å². The van der Waals surface area contributed by atoms with E-state index in [1.807, 2.05) is 13.8 Å². The largest absolute Gasteiger partial charge is 0.480 e. The summed E-state index contributed by atoms with van der Waals surface area (Å²) in [5.74, 6) is -4.00. The van der Waals surface area contributed by atoms with Crippen LogP contribution in [0.1, 0.15) is 78.6 Å². The van der Waals surface area contributed by atoms with E-state index in [1.54, 1.807) is 7.05 Å². The van der Waals surface area contributed by atoms with E-state index in [0.717, 1.165) is 45.1 Å². The van der Waals surface area contributed by atoms with E-state index in [-0.39, 0.29) is 36.7 Å². The summed E-state index contributed by atoms with van der Waals surface area (Å²) in [6, 6.07) is -1.84. The second-order valence-electron chi connectivity index (χ2n) is 10.2. The van der Waals surface area contributed by atoms with Crippen LogP contribution in [-0.4, -0.2) is 83.8 Å². The van der Waals surface area contributed by atoms with Crippen molar-refractivity contribution >= 4 is 35.8 Å². The van der Waals surface area contributed by atoms with Gasteiger partial charge in [0, 0.05) is 6.42 Å². The van der Waals surface area contributed by atoms with E-state index in [1.165, 1.54) is 6.92 Å². The van der Waals surface area contributed by atoms with Crippen molar-refractivity contribution < 1.29 is 48.5 Å². The maximum atomic E-state index is 11.7. The number of carbonyl (C=O) groups excluding carboxylic acids is 4. The molecule has 8 N–H and O–H groups in total. The second-order valence-corrected chi connectivity index (χ2v) is 10.2. The average Bonchev–Trinajstić information content (AvgIpc) is 3.61. The molecule has 1 aliphatic heterocycles. The van der Waals surface area contributed by atoms with Gasteiger partial charge in [0.2, 0.25) is 5.91 Å². The van der Waals surface area contributed by atoms with Crippen LogP contribution in [0.4, 0.5) is 0 Å². The first-order valence-electron chi connectivity index (χ1n) is 13.6. The van der Waals surface area contributed by atoms with Crippen molar-refractivity contribution in [2.75, 3.05) is 13.6 Å². The van der Waals surface area contributed by atoms with Crippen LogP contribution in [0.15, 0.2) is 0 Å². The van der Waals surface area contributed by atoms with Crippen molar-refractivity contribution in [1.82, 2.24) is 10.6 Å². The third-order valence-corrected chi connectivity index (χ3v) is 6.23. The number of nitrogens with one attached hydrogen (secondary N) is 2. The quantitative estimate of drug-likeness (QED) is 0.136. The lowest BCUT2D eigenvalue weighted by Crippen LogP contribution is -2.41. The molecule has 0 aromatic heterocycles. The number of carboxylic acids is 2. The molecule has 1 saturated carbocycles. The van der Waals surface area contributed by atoms with Crippen LogP contribution in [0.25, 0.3) is 0 Å². The third-order valence-electron chi connectivity index (χ3n) is 6.23. The van der Waals surface area contributed by atoms with Crippen molar-refractivity contribution in [2.45, 2.75) is 103 Å². The fourth-order valence-electron chi connectivity index (χ4n) is 3.84. The Kier molecular flexibility index (Phi) is 18.3. The van der Waals surface area contributed by atoms with E-state index in [9.17, 15) is 28.8 Å². The minimum atomic E-state index is -1.09. The van der Waals surface area contributed by atoms with Gasteiger partial charge >= 0.3 is 29.8 Å². The first-order valence-corrected chi connectivity index (χ1v) is 13.6. The number of primary amides is 1. The molecule has 230 valence electrons. The summed E-state index contributed by atoms with van der Waals surface area (Å²) in [6.07, 6.45) is 5.12. The van der Waals surface area contributed by atoms with Gasteiger partial charge in [0.15, 0.2) is 6.10 Å². The van der Waals surface area contributed by atoms with Gasteiger partial charge in [-0.3, -0.25) is 14.4 Å². The first kappa shape index (κ1) is 36.9. The summed E-state index contributed by atoms with van der Waals surface area (Å²) in [5.41, 5.74) is 10.4. The van der Waals surface area contributed by atoms with Crippen molar-refractivity contribution in [3.05, 3.63) is 0 Å². The Hall–Kier alpha value is -3.10. The van der Waals surface area contributed by atoms with Crippen LogP contribution in [-0.2, 0) is 38.2 Å². The molecule has 0 unspecified atom stereocenters. The van der Waals surface area contributed by atoms with E-state index in [2.05, 4.69) is 15.4 Å². The number of esters is 3. The highest BCUT2D eigenvalue weighted by Crippen LogP contribution is 2.26. The fraction of sp³-hybridized carbons (Fsp3) is 0.769. The number of ether oxygens (including phenoxy) is 2. The molecule has 0 bridgehead atoms. The van der Waals surface area contributed by atoms with Crippen molar-refractivity contribution in [1.29, 1.82) is 0 Å². The van der Waals surface area contributed by atoms with E-state index in [4.69, 9.17) is 26.4 Å². The molecule has 0 aromatic rings. The molecule has 1 saturated heterocycles. The Balaban J connectivity index is 0.000000620. The molecule has 1 heterocycles. The lowest BCUT2D eigenvalue weighted by atomic mass is 10.0. The second kappa shape index (κ2) is 19.9. The van der Waals surface area contributed by atoms with E-state index >= 15 is 0 Å². The van der Waals surface area contributed by atoms with Crippen LogP contribution in [0.5, 0.6) is 0 Å². The molecule has 0 spiro atoms. The number of carbonyl (C=O) groups is 6. The number of likely N-dealkylation sites (N-methyl/N-ethyl adjacent to an activating group) is 1. The zero-order valence-electron chi connectivity index (χ0n) is 23.9. The highest BCUT2D eigenvalue weighted by molar-refractivity contribution is 5.91. The van der Waals surface area contributed by atoms with Gasteiger partial charge < -0.3 is 41.8 Å². The summed E-state index contributed by atoms with van der Waals surface area (Å²) in [6.45, 7) is 6.14. The number of hydrogen-bond donors (Lipinski definition) is 6. The van der Waals surface area contributed by atoms with Crippen LogP contribution < -0.4 is 22.1 Å². The normalized spacial score (nSPS) is 18.7. The Labute approximate surface area is 234 Å². The zero-order chi connectivity index (χ0) is 30.8. The third kappa shape index (κ3) is 16.1. The number of nitrogens with two attached hydrogens (primary N) is 2. The molecule has 40 heavy (non-hydrogen) atoms. The molecule has 14 nitrogen and oxygen atoms in total. The zero-order valence-corrected chi connectivity index (χ0v) is 23.9. The van der Waals surface area contributed by atoms with Crippen LogP contribution in [0.3, 0.4) is 0 Å². The molecular formula is C26H46N4O10. The molecule has 14 heteroatoms. The topological polar surface area (TPSA) is 237 Å². The number of rotatable bonds is 12. The molecule has 1 amide bonds. The molecule has 4 atom stereocenters. The number of hydrogen-bond acceptors (Lipinski definition) is 11.